The minimum absolute atomic E-state index is 0.282. The minimum atomic E-state index is -0.401. The number of hydrogen-bond donors (Lipinski definition) is 0. The third kappa shape index (κ3) is 3.29. The van der Waals surface area contributed by atoms with Crippen LogP contribution in [0.2, 0.25) is 0 Å². The SMILES string of the molecule is CCc1ccc(C(C)(C)OCOC)nc1. The summed E-state index contributed by atoms with van der Waals surface area (Å²) in [6, 6.07) is 4.09. The largest absolute Gasteiger partial charge is 0.359 e. The minimum Gasteiger partial charge on any atom is -0.359 e. The topological polar surface area (TPSA) is 31.4 Å². The summed E-state index contributed by atoms with van der Waals surface area (Å²) in [5.41, 5.74) is 1.76. The predicted octanol–water partition coefficient (Wildman–Crippen LogP) is 2.50. The fourth-order valence-electron chi connectivity index (χ4n) is 1.27. The van der Waals surface area contributed by atoms with E-state index in [9.17, 15) is 0 Å². The lowest BCUT2D eigenvalue weighted by Crippen LogP contribution is -2.24. The average molecular weight is 209 g/mol. The Bertz CT molecular complexity index is 293. The second-order valence-corrected chi connectivity index (χ2v) is 3.97. The van der Waals surface area contributed by atoms with Crippen LogP contribution in [0.15, 0.2) is 18.3 Å². The lowest BCUT2D eigenvalue weighted by atomic mass is 10.0. The molecule has 0 spiro atoms. The van der Waals surface area contributed by atoms with Gasteiger partial charge in [0.25, 0.3) is 0 Å². The average Bonchev–Trinajstić information content (AvgIpc) is 2.26. The molecule has 0 bridgehead atoms. The van der Waals surface area contributed by atoms with Gasteiger partial charge in [-0.15, -0.1) is 0 Å². The zero-order valence-electron chi connectivity index (χ0n) is 9.91. The van der Waals surface area contributed by atoms with Gasteiger partial charge in [-0.3, -0.25) is 4.98 Å². The van der Waals surface area contributed by atoms with Crippen LogP contribution in [0, 0.1) is 0 Å². The van der Waals surface area contributed by atoms with Crippen molar-refractivity contribution in [3.8, 4) is 0 Å². The third-order valence-corrected chi connectivity index (χ3v) is 2.39. The van der Waals surface area contributed by atoms with Crippen molar-refractivity contribution < 1.29 is 9.47 Å². The van der Waals surface area contributed by atoms with E-state index in [4.69, 9.17) is 9.47 Å². The maximum atomic E-state index is 5.55. The van der Waals surface area contributed by atoms with Gasteiger partial charge in [-0.05, 0) is 31.9 Å². The van der Waals surface area contributed by atoms with E-state index >= 15 is 0 Å². The highest BCUT2D eigenvalue weighted by Gasteiger charge is 2.22. The van der Waals surface area contributed by atoms with E-state index in [1.165, 1.54) is 5.56 Å². The number of aromatic nitrogens is 1. The molecule has 84 valence electrons. The van der Waals surface area contributed by atoms with Gasteiger partial charge < -0.3 is 9.47 Å². The van der Waals surface area contributed by atoms with Crippen LogP contribution in [-0.4, -0.2) is 18.9 Å². The van der Waals surface area contributed by atoms with Crippen LogP contribution in [0.3, 0.4) is 0 Å². The van der Waals surface area contributed by atoms with E-state index in [1.807, 2.05) is 26.1 Å². The Labute approximate surface area is 91.4 Å². The first-order valence-electron chi connectivity index (χ1n) is 5.18. The first-order valence-corrected chi connectivity index (χ1v) is 5.18. The molecule has 3 nitrogen and oxygen atoms in total. The molecule has 0 N–H and O–H groups in total. The van der Waals surface area contributed by atoms with E-state index in [2.05, 4.69) is 18.0 Å². The van der Waals surface area contributed by atoms with Gasteiger partial charge in [0.15, 0.2) is 0 Å². The predicted molar refractivity (Wildman–Crippen MR) is 59.6 cm³/mol. The molecule has 15 heavy (non-hydrogen) atoms. The molecule has 0 amide bonds. The van der Waals surface area contributed by atoms with Crippen molar-refractivity contribution in [1.82, 2.24) is 4.98 Å². The smallest absolute Gasteiger partial charge is 0.147 e. The van der Waals surface area contributed by atoms with Crippen molar-refractivity contribution in [2.45, 2.75) is 32.8 Å². The monoisotopic (exact) mass is 209 g/mol. The van der Waals surface area contributed by atoms with E-state index in [-0.39, 0.29) is 6.79 Å². The Kier molecular flexibility index (Phi) is 4.24. The molecule has 0 aliphatic carbocycles. The molecule has 0 aliphatic heterocycles. The number of nitrogens with zero attached hydrogens (tertiary/aromatic N) is 1. The molecule has 3 heteroatoms. The number of hydrogen-bond acceptors (Lipinski definition) is 3. The number of methoxy groups -OCH3 is 1. The van der Waals surface area contributed by atoms with Gasteiger partial charge in [0.1, 0.15) is 12.4 Å². The highest BCUT2D eigenvalue weighted by Crippen LogP contribution is 2.22. The van der Waals surface area contributed by atoms with Crippen LogP contribution >= 0.6 is 0 Å². The molecule has 0 radical (unpaired) electrons. The van der Waals surface area contributed by atoms with Crippen LogP contribution in [0.25, 0.3) is 0 Å². The summed E-state index contributed by atoms with van der Waals surface area (Å²) >= 11 is 0. The Hall–Kier alpha value is -0.930. The van der Waals surface area contributed by atoms with Crippen molar-refractivity contribution in [2.24, 2.45) is 0 Å². The normalized spacial score (nSPS) is 11.7. The van der Waals surface area contributed by atoms with Gasteiger partial charge in [-0.25, -0.2) is 0 Å². The van der Waals surface area contributed by atoms with Gasteiger partial charge in [-0.1, -0.05) is 13.0 Å². The second kappa shape index (κ2) is 5.24. The number of aryl methyl sites for hydroxylation is 1. The van der Waals surface area contributed by atoms with Crippen molar-refractivity contribution in [2.75, 3.05) is 13.9 Å². The Morgan fingerprint density at radius 3 is 2.53 bits per heavy atom. The fourth-order valence-corrected chi connectivity index (χ4v) is 1.27. The summed E-state index contributed by atoms with van der Waals surface area (Å²) in [4.78, 5) is 4.39. The van der Waals surface area contributed by atoms with Gasteiger partial charge in [0.05, 0.1) is 5.69 Å². The summed E-state index contributed by atoms with van der Waals surface area (Å²) in [6.07, 6.45) is 2.90. The fraction of sp³-hybridized carbons (Fsp3) is 0.583. The molecule has 1 aromatic rings. The van der Waals surface area contributed by atoms with E-state index in [0.717, 1.165) is 12.1 Å². The van der Waals surface area contributed by atoms with Gasteiger partial charge in [0, 0.05) is 13.3 Å². The highest BCUT2D eigenvalue weighted by molar-refractivity contribution is 5.17. The molecule has 1 rings (SSSR count). The van der Waals surface area contributed by atoms with E-state index in [0.29, 0.717) is 0 Å². The van der Waals surface area contributed by atoms with Crippen LogP contribution in [0.5, 0.6) is 0 Å². The number of pyridine rings is 1. The summed E-state index contributed by atoms with van der Waals surface area (Å²) in [5.74, 6) is 0. The van der Waals surface area contributed by atoms with Crippen LogP contribution in [0.1, 0.15) is 32.0 Å². The first kappa shape index (κ1) is 12.1. The molecule has 0 atom stereocenters. The van der Waals surface area contributed by atoms with Gasteiger partial charge in [0.2, 0.25) is 0 Å². The summed E-state index contributed by atoms with van der Waals surface area (Å²) < 4.78 is 10.4. The molecule has 0 saturated heterocycles. The van der Waals surface area contributed by atoms with Crippen molar-refractivity contribution in [1.29, 1.82) is 0 Å². The Morgan fingerprint density at radius 2 is 2.07 bits per heavy atom. The zero-order valence-corrected chi connectivity index (χ0v) is 9.91. The summed E-state index contributed by atoms with van der Waals surface area (Å²) in [7, 11) is 1.61. The van der Waals surface area contributed by atoms with Gasteiger partial charge in [-0.2, -0.15) is 0 Å². The van der Waals surface area contributed by atoms with Crippen molar-refractivity contribution in [3.63, 3.8) is 0 Å². The van der Waals surface area contributed by atoms with Crippen molar-refractivity contribution in [3.05, 3.63) is 29.6 Å². The maximum absolute atomic E-state index is 5.55. The molecule has 1 heterocycles. The number of rotatable bonds is 5. The summed E-state index contributed by atoms with van der Waals surface area (Å²) in [6.45, 7) is 6.37. The quantitative estimate of drug-likeness (QED) is 0.698. The number of ether oxygens (including phenoxy) is 2. The second-order valence-electron chi connectivity index (χ2n) is 3.97. The molecule has 0 aromatic carbocycles. The van der Waals surface area contributed by atoms with Crippen LogP contribution in [-0.2, 0) is 21.5 Å². The molecular formula is C12H19NO2. The van der Waals surface area contributed by atoms with E-state index in [1.54, 1.807) is 7.11 Å². The molecule has 0 saturated carbocycles. The Balaban J connectivity index is 2.75. The molecule has 0 fully saturated rings. The maximum Gasteiger partial charge on any atom is 0.147 e. The van der Waals surface area contributed by atoms with Gasteiger partial charge >= 0.3 is 0 Å². The zero-order chi connectivity index (χ0) is 11.3. The lowest BCUT2D eigenvalue weighted by Gasteiger charge is -2.24. The van der Waals surface area contributed by atoms with Crippen LogP contribution < -0.4 is 0 Å². The summed E-state index contributed by atoms with van der Waals surface area (Å²) in [5, 5.41) is 0. The van der Waals surface area contributed by atoms with Crippen LogP contribution in [0.4, 0.5) is 0 Å². The van der Waals surface area contributed by atoms with E-state index < -0.39 is 5.60 Å². The third-order valence-electron chi connectivity index (χ3n) is 2.39. The molecule has 0 unspecified atom stereocenters. The Morgan fingerprint density at radius 1 is 1.33 bits per heavy atom. The molecule has 0 aliphatic rings. The standard InChI is InChI=1S/C12H19NO2/c1-5-10-6-7-11(13-8-10)12(2,3)15-9-14-4/h6-8H,5,9H2,1-4H3. The first-order chi connectivity index (χ1) is 7.10. The molecule has 1 aromatic heterocycles. The molecular weight excluding hydrogens is 190 g/mol. The lowest BCUT2D eigenvalue weighted by molar-refractivity contribution is -0.120. The van der Waals surface area contributed by atoms with Crippen molar-refractivity contribution >= 4 is 0 Å². The highest BCUT2D eigenvalue weighted by atomic mass is 16.7.